The van der Waals surface area contributed by atoms with E-state index in [0.29, 0.717) is 5.75 Å². The Kier molecular flexibility index (Phi) is 22.9. The van der Waals surface area contributed by atoms with Crippen LogP contribution in [-0.4, -0.2) is 9.79 Å². The molecular formula is C32H59O3P. The fraction of sp³-hybridized carbons (Fsp3) is 0.812. The van der Waals surface area contributed by atoms with E-state index in [0.717, 1.165) is 19.3 Å². The monoisotopic (exact) mass is 522 g/mol. The van der Waals surface area contributed by atoms with Crippen molar-refractivity contribution in [1.29, 1.82) is 0 Å². The molecule has 0 saturated carbocycles. The molecule has 2 N–H and O–H groups in total. The average molecular weight is 523 g/mol. The summed E-state index contributed by atoms with van der Waals surface area (Å²) in [5, 5.41) is 0. The largest absolute Gasteiger partial charge is 0.427 e. The fourth-order valence-electron chi connectivity index (χ4n) is 5.25. The van der Waals surface area contributed by atoms with Gasteiger partial charge in [-0.25, -0.2) is 0 Å². The minimum Gasteiger partial charge on any atom is -0.427 e. The van der Waals surface area contributed by atoms with Gasteiger partial charge in [0, 0.05) is 0 Å². The molecule has 3 nitrogen and oxygen atoms in total. The van der Waals surface area contributed by atoms with Crippen molar-refractivity contribution in [3.8, 4) is 5.75 Å². The SMILES string of the molecule is CCCCCCCCCCCCCc1cccc(OP(O)O)c1CCCCCCCCCCCCC. The second kappa shape index (κ2) is 24.7. The Bertz CT molecular complexity index is 605. The molecule has 0 aromatic heterocycles. The lowest BCUT2D eigenvalue weighted by molar-refractivity contribution is 0.373. The molecule has 4 heteroatoms. The maximum atomic E-state index is 9.46. The zero-order valence-electron chi connectivity index (χ0n) is 24.0. The van der Waals surface area contributed by atoms with Crippen LogP contribution in [0.25, 0.3) is 0 Å². The third-order valence-corrected chi connectivity index (χ3v) is 7.85. The predicted octanol–water partition coefficient (Wildman–Crippen LogP) is 11.0. The number of unbranched alkanes of at least 4 members (excludes halogenated alkanes) is 20. The highest BCUT2D eigenvalue weighted by Crippen LogP contribution is 2.34. The summed E-state index contributed by atoms with van der Waals surface area (Å²) in [7, 11) is -2.37. The van der Waals surface area contributed by atoms with Crippen LogP contribution in [0.1, 0.15) is 166 Å². The summed E-state index contributed by atoms with van der Waals surface area (Å²) in [5.74, 6) is 0.679. The molecule has 0 fully saturated rings. The highest BCUT2D eigenvalue weighted by atomic mass is 31.2. The van der Waals surface area contributed by atoms with Gasteiger partial charge in [0.25, 0.3) is 0 Å². The Morgan fingerprint density at radius 2 is 0.917 bits per heavy atom. The Morgan fingerprint density at radius 1 is 0.528 bits per heavy atom. The number of aryl methyl sites for hydroxylation is 1. The van der Waals surface area contributed by atoms with Crippen LogP contribution in [0, 0.1) is 0 Å². The molecule has 36 heavy (non-hydrogen) atoms. The van der Waals surface area contributed by atoms with Crippen molar-refractivity contribution < 1.29 is 14.3 Å². The van der Waals surface area contributed by atoms with Crippen LogP contribution in [0.3, 0.4) is 0 Å². The molecule has 1 aromatic carbocycles. The average Bonchev–Trinajstić information content (AvgIpc) is 2.86. The van der Waals surface area contributed by atoms with Crippen LogP contribution in [0.15, 0.2) is 18.2 Å². The van der Waals surface area contributed by atoms with Gasteiger partial charge in [-0.1, -0.05) is 154 Å². The first-order chi connectivity index (χ1) is 17.7. The molecule has 1 aromatic rings. The van der Waals surface area contributed by atoms with Crippen LogP contribution in [0.5, 0.6) is 5.75 Å². The number of hydrogen-bond acceptors (Lipinski definition) is 3. The highest BCUT2D eigenvalue weighted by molar-refractivity contribution is 7.39. The molecular weight excluding hydrogens is 463 g/mol. The molecule has 0 aliphatic rings. The van der Waals surface area contributed by atoms with Gasteiger partial charge < -0.3 is 14.3 Å². The molecule has 0 bridgehead atoms. The molecule has 0 atom stereocenters. The van der Waals surface area contributed by atoms with Crippen molar-refractivity contribution in [1.82, 2.24) is 0 Å². The summed E-state index contributed by atoms with van der Waals surface area (Å²) >= 11 is 0. The van der Waals surface area contributed by atoms with Crippen LogP contribution in [0.4, 0.5) is 0 Å². The van der Waals surface area contributed by atoms with E-state index < -0.39 is 8.60 Å². The van der Waals surface area contributed by atoms with E-state index in [9.17, 15) is 9.79 Å². The molecule has 0 aliphatic heterocycles. The summed E-state index contributed by atoms with van der Waals surface area (Å²) in [4.78, 5) is 18.9. The lowest BCUT2D eigenvalue weighted by atomic mass is 9.95. The van der Waals surface area contributed by atoms with Crippen molar-refractivity contribution in [3.05, 3.63) is 29.3 Å². The lowest BCUT2D eigenvalue weighted by Crippen LogP contribution is -2.00. The van der Waals surface area contributed by atoms with Crippen molar-refractivity contribution in [2.45, 2.75) is 168 Å². The Morgan fingerprint density at radius 3 is 1.33 bits per heavy atom. The number of benzene rings is 1. The number of hydrogen-bond donors (Lipinski definition) is 2. The Hall–Kier alpha value is -0.630. The van der Waals surface area contributed by atoms with Gasteiger partial charge in [-0.15, -0.1) is 0 Å². The van der Waals surface area contributed by atoms with Gasteiger partial charge in [-0.3, -0.25) is 0 Å². The summed E-state index contributed by atoms with van der Waals surface area (Å²) < 4.78 is 5.42. The zero-order valence-corrected chi connectivity index (χ0v) is 24.8. The summed E-state index contributed by atoms with van der Waals surface area (Å²) in [6.07, 6.45) is 31.7. The molecule has 0 radical (unpaired) electrons. The van der Waals surface area contributed by atoms with Gasteiger partial charge in [0.2, 0.25) is 0 Å². The maximum absolute atomic E-state index is 9.46. The van der Waals surface area contributed by atoms with Crippen molar-refractivity contribution in [2.75, 3.05) is 0 Å². The second-order valence-electron chi connectivity index (χ2n) is 10.8. The lowest BCUT2D eigenvalue weighted by Gasteiger charge is -2.16. The van der Waals surface area contributed by atoms with Gasteiger partial charge in [0.15, 0.2) is 0 Å². The van der Waals surface area contributed by atoms with Crippen LogP contribution < -0.4 is 4.52 Å². The first-order valence-electron chi connectivity index (χ1n) is 15.7. The third kappa shape index (κ3) is 18.6. The topological polar surface area (TPSA) is 49.7 Å². The second-order valence-corrected chi connectivity index (χ2v) is 11.5. The van der Waals surface area contributed by atoms with E-state index in [2.05, 4.69) is 19.9 Å². The summed E-state index contributed by atoms with van der Waals surface area (Å²) in [6.45, 7) is 4.56. The molecule has 210 valence electrons. The van der Waals surface area contributed by atoms with Crippen LogP contribution in [0.2, 0.25) is 0 Å². The molecule has 0 heterocycles. The van der Waals surface area contributed by atoms with Gasteiger partial charge in [-0.05, 0) is 42.9 Å². The van der Waals surface area contributed by atoms with E-state index in [4.69, 9.17) is 4.52 Å². The first kappa shape index (κ1) is 33.4. The van der Waals surface area contributed by atoms with Crippen molar-refractivity contribution in [3.63, 3.8) is 0 Å². The quantitative estimate of drug-likeness (QED) is 0.0939. The van der Waals surface area contributed by atoms with E-state index in [1.165, 1.54) is 146 Å². The van der Waals surface area contributed by atoms with Gasteiger partial charge in [0.05, 0.1) is 0 Å². The fourth-order valence-corrected chi connectivity index (χ4v) is 5.60. The van der Waals surface area contributed by atoms with E-state index in [-0.39, 0.29) is 0 Å². The molecule has 0 unspecified atom stereocenters. The highest BCUT2D eigenvalue weighted by Gasteiger charge is 2.13. The molecule has 0 saturated heterocycles. The van der Waals surface area contributed by atoms with Crippen LogP contribution in [-0.2, 0) is 12.8 Å². The third-order valence-electron chi connectivity index (χ3n) is 7.49. The minimum atomic E-state index is -2.37. The Labute approximate surface area is 225 Å². The molecule has 1 rings (SSSR count). The number of rotatable bonds is 26. The predicted molar refractivity (Wildman–Crippen MR) is 159 cm³/mol. The van der Waals surface area contributed by atoms with E-state index in [1.807, 2.05) is 12.1 Å². The summed E-state index contributed by atoms with van der Waals surface area (Å²) in [6, 6.07) is 6.12. The van der Waals surface area contributed by atoms with E-state index in [1.54, 1.807) is 0 Å². The summed E-state index contributed by atoms with van der Waals surface area (Å²) in [5.41, 5.74) is 2.54. The van der Waals surface area contributed by atoms with Gasteiger partial charge in [-0.2, -0.15) is 0 Å². The smallest absolute Gasteiger partial charge is 0.391 e. The Balaban J connectivity index is 2.28. The van der Waals surface area contributed by atoms with Crippen molar-refractivity contribution >= 4 is 8.60 Å². The van der Waals surface area contributed by atoms with Gasteiger partial charge >= 0.3 is 8.60 Å². The zero-order chi connectivity index (χ0) is 26.1. The molecule has 0 aliphatic carbocycles. The standard InChI is InChI=1S/C32H59O3P/c1-3-5-7-9-11-13-15-17-19-21-23-26-30-27-25-29-32(35-36(33)34)31(30)28-24-22-20-18-16-14-12-10-8-6-4-2/h25,27,29,33-34H,3-24,26,28H2,1-2H3. The molecule has 0 spiro atoms. The molecule has 0 amide bonds. The maximum Gasteiger partial charge on any atom is 0.391 e. The van der Waals surface area contributed by atoms with Crippen molar-refractivity contribution in [2.24, 2.45) is 0 Å². The minimum absolute atomic E-state index is 0.679. The normalized spacial score (nSPS) is 11.5. The first-order valence-corrected chi connectivity index (χ1v) is 16.8. The van der Waals surface area contributed by atoms with E-state index >= 15 is 0 Å². The van der Waals surface area contributed by atoms with Gasteiger partial charge in [0.1, 0.15) is 5.75 Å². The van der Waals surface area contributed by atoms with Crippen LogP contribution >= 0.6 is 8.60 Å².